The SMILES string of the molecule is Cc1cc(C)c(N2/C(=C\C=C3\C(=O)c4cc5ccc(-c6ccc7nc8c(nc7c6)N(c6c(C(C)C)cccc6C(C)C)/C(=C\C=C6C(=O)c7cc9ccccc9cc7C6=O)N8c6c(-c7cc(Cl)ccc7Cl)cccc6-c6cc(Cl)ccc6Cl)cc5cc4C3=O)N(c3c(-c4cccc(Cl)c4)cccc3C3C=C(Cl)C=C(Cl)C3)c3nc4ccccc4nc32)c(C)c1. The number of aryl methyl sites for hydroxylation is 3. The fourth-order valence-corrected chi connectivity index (χ4v) is 19.9. The number of benzene rings is 13. The second-order valence-electron chi connectivity index (χ2n) is 32.5. The van der Waals surface area contributed by atoms with Gasteiger partial charge in [-0.1, -0.05) is 254 Å². The number of hydrogen-bond acceptors (Lipinski definition) is 12. The molecule has 19 heteroatoms. The molecule has 0 N–H and O–H groups in total. The molecule has 13 aromatic carbocycles. The van der Waals surface area contributed by atoms with E-state index in [1.165, 1.54) is 0 Å². The summed E-state index contributed by atoms with van der Waals surface area (Å²) in [5.74, 6) is 0.750. The molecule has 0 fully saturated rings. The fourth-order valence-electron chi connectivity index (χ4n) is 18.3. The molecular weight excluding hydrogens is 1690 g/mol. The first kappa shape index (κ1) is 79.9. The van der Waals surface area contributed by atoms with Crippen molar-refractivity contribution in [1.82, 2.24) is 19.9 Å². The van der Waals surface area contributed by atoms with Crippen LogP contribution in [-0.2, 0) is 0 Å². The highest BCUT2D eigenvalue weighted by molar-refractivity contribution is 6.42. The van der Waals surface area contributed by atoms with Crippen LogP contribution in [0.4, 0.5) is 46.0 Å². The van der Waals surface area contributed by atoms with Gasteiger partial charge in [0, 0.05) is 91.2 Å². The first-order chi connectivity index (χ1) is 59.9. The van der Waals surface area contributed by atoms with Gasteiger partial charge < -0.3 is 0 Å². The van der Waals surface area contributed by atoms with E-state index in [-0.39, 0.29) is 40.0 Å². The van der Waals surface area contributed by atoms with Gasteiger partial charge in [0.25, 0.3) is 0 Å². The van der Waals surface area contributed by atoms with E-state index in [0.717, 1.165) is 88.9 Å². The molecule has 0 spiro atoms. The summed E-state index contributed by atoms with van der Waals surface area (Å²) >= 11 is 49.5. The maximum atomic E-state index is 15.6. The third-order valence-corrected chi connectivity index (χ3v) is 25.8. The van der Waals surface area contributed by atoms with Gasteiger partial charge in [-0.05, 0) is 239 Å². The van der Waals surface area contributed by atoms with Crippen molar-refractivity contribution in [2.75, 3.05) is 19.6 Å². The largest absolute Gasteiger partial charge is 0.288 e. The molecule has 2 aliphatic heterocycles. The van der Waals surface area contributed by atoms with Gasteiger partial charge in [-0.2, -0.15) is 0 Å². The van der Waals surface area contributed by atoms with E-state index in [1.54, 1.807) is 60.7 Å². The summed E-state index contributed by atoms with van der Waals surface area (Å²) in [5, 5.41) is 6.42. The number of carbonyl (C=O) groups is 4. The number of hydrogen-bond donors (Lipinski definition) is 0. The topological polar surface area (TPSA) is 133 Å². The number of Topliss-reactive ketones (excluding diaryl/α,β-unsaturated/α-hetero) is 4. The number of halogens is 7. The molecule has 0 bridgehead atoms. The second-order valence-corrected chi connectivity index (χ2v) is 35.6. The molecule has 0 radical (unpaired) electrons. The summed E-state index contributed by atoms with van der Waals surface area (Å²) in [5.41, 5.74) is 17.9. The van der Waals surface area contributed by atoms with E-state index in [0.29, 0.717) is 143 Å². The van der Waals surface area contributed by atoms with Crippen LogP contribution in [0, 0.1) is 20.8 Å². The minimum absolute atomic E-state index is 0.0221. The summed E-state index contributed by atoms with van der Waals surface area (Å²) in [6, 6.07) is 75.5. The maximum absolute atomic E-state index is 15.6. The Labute approximate surface area is 750 Å². The number of carbonyl (C=O) groups excluding carboxylic acids is 4. The Kier molecular flexibility index (Phi) is 20.2. The Balaban J connectivity index is 0.753. The molecular formula is C105H71Cl7N8O4. The summed E-state index contributed by atoms with van der Waals surface area (Å²) in [6.07, 6.45) is 11.2. The Morgan fingerprint density at radius 3 is 1.33 bits per heavy atom. The first-order valence-corrected chi connectivity index (χ1v) is 43.3. The third kappa shape index (κ3) is 13.6. The zero-order valence-corrected chi connectivity index (χ0v) is 73.1. The van der Waals surface area contributed by atoms with Gasteiger partial charge in [0.05, 0.1) is 56.0 Å². The number of fused-ring (bicyclic) bond motifs is 8. The molecule has 12 nitrogen and oxygen atoms in total. The lowest BCUT2D eigenvalue weighted by molar-refractivity contribution is 0.0973. The van der Waals surface area contributed by atoms with Crippen molar-refractivity contribution in [2.24, 2.45) is 0 Å². The van der Waals surface area contributed by atoms with Gasteiger partial charge in [-0.25, -0.2) is 19.9 Å². The highest BCUT2D eigenvalue weighted by Gasteiger charge is 2.45. The normalized spacial score (nSPS) is 16.0. The van der Waals surface area contributed by atoms with E-state index < -0.39 is 23.1 Å². The zero-order valence-electron chi connectivity index (χ0n) is 67.8. The minimum atomic E-state index is -0.440. The summed E-state index contributed by atoms with van der Waals surface area (Å²) < 4.78 is 0. The number of para-hydroxylation sites is 5. The van der Waals surface area contributed by atoms with Gasteiger partial charge in [0.1, 0.15) is 11.6 Å². The van der Waals surface area contributed by atoms with Gasteiger partial charge in [0.2, 0.25) is 0 Å². The highest BCUT2D eigenvalue weighted by Crippen LogP contribution is 2.59. The van der Waals surface area contributed by atoms with Crippen LogP contribution in [0.25, 0.3) is 88.1 Å². The fraction of sp³-hybridized carbons (Fsp3) is 0.105. The van der Waals surface area contributed by atoms with E-state index in [2.05, 4.69) is 106 Å². The average molecular weight is 1760 g/mol. The number of aromatic nitrogens is 4. The lowest BCUT2D eigenvalue weighted by Gasteiger charge is -2.32. The minimum Gasteiger partial charge on any atom is -0.288 e. The van der Waals surface area contributed by atoms with Crippen LogP contribution < -0.4 is 19.6 Å². The van der Waals surface area contributed by atoms with Crippen LogP contribution in [0.1, 0.15) is 127 Å². The van der Waals surface area contributed by atoms with Crippen molar-refractivity contribution in [1.29, 1.82) is 0 Å². The Bertz CT molecular complexity index is 7330. The number of allylic oxidation sites excluding steroid dienone is 10. The molecule has 124 heavy (non-hydrogen) atoms. The van der Waals surface area contributed by atoms with Gasteiger partial charge in [0.15, 0.2) is 46.4 Å². The number of anilines is 8. The van der Waals surface area contributed by atoms with Crippen molar-refractivity contribution in [2.45, 2.75) is 72.6 Å². The van der Waals surface area contributed by atoms with E-state index in [1.807, 2.05) is 175 Å². The highest BCUT2D eigenvalue weighted by atomic mass is 35.5. The molecule has 604 valence electrons. The summed E-state index contributed by atoms with van der Waals surface area (Å²) in [6.45, 7) is 14.8. The predicted octanol–water partition coefficient (Wildman–Crippen LogP) is 30.0. The van der Waals surface area contributed by atoms with Crippen molar-refractivity contribution in [3.8, 4) is 44.5 Å². The van der Waals surface area contributed by atoms with Crippen LogP contribution in [0.15, 0.2) is 306 Å². The standard InChI is InChI=1S/C105H71Cl7N8O4/c1-54(2)72-20-13-21-73(55(3)4)95(72)118-93(39-34-78-98(121)82-46-59-16-8-9-17-60(59)47-83(82)99(78)122)120(97-76(80-52-68(107)31-35-86(80)111)24-15-25-77(97)81-53-69(108)32-36-87(81)112)104-105(118)116-91-50-63(30-37-90(91)115-104)61-28-29-62-48-84-85(49-65(62)42-61)101(124)79(100(84)123)33-38-92-117(94-57(6)40-56(5)41-58(94)7)102-103(114-89-27-11-10-26-88(89)113-102)119(92)96-74(64-18-12-19-67(106)43-64)22-14-23-75(96)66-44-70(109)51-71(110)45-66/h8-44,46-55,66H,45H2,1-7H3/b79-33-,92-38+,93-39+. The molecule has 2 aromatic heterocycles. The van der Waals surface area contributed by atoms with Crippen LogP contribution >= 0.6 is 81.2 Å². The number of nitrogens with zero attached hydrogens (tertiary/aromatic N) is 8. The molecule has 1 unspecified atom stereocenters. The van der Waals surface area contributed by atoms with E-state index in [9.17, 15) is 0 Å². The lowest BCUT2D eigenvalue weighted by atomic mass is 9.87. The molecule has 20 rings (SSSR count). The van der Waals surface area contributed by atoms with Crippen LogP contribution in [-0.4, -0.2) is 43.1 Å². The van der Waals surface area contributed by atoms with Crippen LogP contribution in [0.2, 0.25) is 25.1 Å². The summed E-state index contributed by atoms with van der Waals surface area (Å²) in [4.78, 5) is 91.9. The van der Waals surface area contributed by atoms with Crippen molar-refractivity contribution in [3.05, 3.63) is 387 Å². The van der Waals surface area contributed by atoms with Gasteiger partial charge in [-0.15, -0.1) is 0 Å². The maximum Gasteiger partial charge on any atom is 0.197 e. The molecule has 0 saturated carbocycles. The molecule has 3 aliphatic carbocycles. The number of ketones is 4. The molecule has 0 saturated heterocycles. The smallest absolute Gasteiger partial charge is 0.197 e. The molecule has 5 aliphatic rings. The van der Waals surface area contributed by atoms with Crippen LogP contribution in [0.5, 0.6) is 0 Å². The monoisotopic (exact) mass is 1750 g/mol. The van der Waals surface area contributed by atoms with Crippen molar-refractivity contribution >= 4 is 194 Å². The van der Waals surface area contributed by atoms with Gasteiger partial charge in [-0.3, -0.25) is 38.8 Å². The zero-order chi connectivity index (χ0) is 85.7. The quantitative estimate of drug-likeness (QED) is 0.0804. The predicted molar refractivity (Wildman–Crippen MR) is 509 cm³/mol. The molecule has 1 atom stereocenters. The summed E-state index contributed by atoms with van der Waals surface area (Å²) in [7, 11) is 0. The second kappa shape index (κ2) is 31.3. The molecule has 15 aromatic rings. The van der Waals surface area contributed by atoms with Crippen LogP contribution in [0.3, 0.4) is 0 Å². The van der Waals surface area contributed by atoms with Gasteiger partial charge >= 0.3 is 0 Å². The Morgan fingerprint density at radius 1 is 0.347 bits per heavy atom. The Morgan fingerprint density at radius 2 is 0.790 bits per heavy atom. The molecule has 0 amide bonds. The number of rotatable bonds is 13. The lowest BCUT2D eigenvalue weighted by Crippen LogP contribution is -2.25. The first-order valence-electron chi connectivity index (χ1n) is 40.7. The van der Waals surface area contributed by atoms with Crippen molar-refractivity contribution < 1.29 is 19.2 Å². The van der Waals surface area contributed by atoms with E-state index >= 15 is 19.2 Å². The Hall–Kier alpha value is -12.6. The third-order valence-electron chi connectivity index (χ3n) is 23.9. The van der Waals surface area contributed by atoms with Crippen molar-refractivity contribution in [3.63, 3.8) is 0 Å². The molecule has 4 heterocycles. The van der Waals surface area contributed by atoms with E-state index in [4.69, 9.17) is 101 Å². The average Bonchev–Trinajstić information content (AvgIpc) is 1.55.